The number of rotatable bonds is 4. The molecule has 1 N–H and O–H groups in total. The van der Waals surface area contributed by atoms with Crippen molar-refractivity contribution in [2.24, 2.45) is 5.92 Å². The highest BCUT2D eigenvalue weighted by atomic mass is 16.4. The van der Waals surface area contributed by atoms with Crippen molar-refractivity contribution in [2.75, 3.05) is 0 Å². The Bertz CT molecular complexity index is 582. The fourth-order valence-corrected chi connectivity index (χ4v) is 1.86. The van der Waals surface area contributed by atoms with E-state index in [1.54, 1.807) is 0 Å². The van der Waals surface area contributed by atoms with Crippen molar-refractivity contribution in [1.82, 2.24) is 4.98 Å². The first kappa shape index (κ1) is 13.3. The third-order valence-corrected chi connectivity index (χ3v) is 2.79. The largest absolute Gasteiger partial charge is 0.475 e. The highest BCUT2D eigenvalue weighted by Gasteiger charge is 2.20. The number of carbonyl (C=O) groups is 1. The van der Waals surface area contributed by atoms with Crippen molar-refractivity contribution in [2.45, 2.75) is 27.2 Å². The molecule has 0 saturated heterocycles. The summed E-state index contributed by atoms with van der Waals surface area (Å²) in [6, 6.07) is 7.65. The molecule has 0 aliphatic carbocycles. The Morgan fingerprint density at radius 3 is 2.47 bits per heavy atom. The lowest BCUT2D eigenvalue weighted by molar-refractivity contribution is 0.0661. The topological polar surface area (TPSA) is 63.3 Å². The minimum absolute atomic E-state index is 0.0516. The standard InChI is InChI=1S/C15H17NO3/c1-9(2)8-12-13(15(17)18)19-14(16-12)11-6-4-10(3)5-7-11/h4-7,9H,8H2,1-3H3,(H,17,18). The van der Waals surface area contributed by atoms with Crippen LogP contribution in [0.15, 0.2) is 28.7 Å². The van der Waals surface area contributed by atoms with Crippen molar-refractivity contribution < 1.29 is 14.3 Å². The molecule has 0 unspecified atom stereocenters. The number of aromatic nitrogens is 1. The zero-order valence-corrected chi connectivity index (χ0v) is 11.3. The summed E-state index contributed by atoms with van der Waals surface area (Å²) in [6.45, 7) is 6.03. The molecule has 0 saturated carbocycles. The van der Waals surface area contributed by atoms with Gasteiger partial charge in [-0.3, -0.25) is 0 Å². The second-order valence-corrected chi connectivity index (χ2v) is 5.06. The van der Waals surface area contributed by atoms with Crippen molar-refractivity contribution in [3.8, 4) is 11.5 Å². The molecule has 0 fully saturated rings. The molecule has 2 aromatic rings. The SMILES string of the molecule is Cc1ccc(-c2nc(CC(C)C)c(C(=O)O)o2)cc1. The molecule has 1 aromatic carbocycles. The van der Waals surface area contributed by atoms with Gasteiger partial charge in [0.05, 0.1) is 5.69 Å². The molecule has 19 heavy (non-hydrogen) atoms. The first-order valence-electron chi connectivity index (χ1n) is 6.27. The van der Waals surface area contributed by atoms with E-state index in [0.717, 1.165) is 11.1 Å². The molecule has 0 amide bonds. The van der Waals surface area contributed by atoms with Crippen LogP contribution in [-0.2, 0) is 6.42 Å². The molecule has 0 aliphatic rings. The predicted octanol–water partition coefficient (Wildman–Crippen LogP) is 3.55. The van der Waals surface area contributed by atoms with Gasteiger partial charge in [-0.05, 0) is 31.4 Å². The monoisotopic (exact) mass is 259 g/mol. The van der Waals surface area contributed by atoms with Crippen LogP contribution in [-0.4, -0.2) is 16.1 Å². The summed E-state index contributed by atoms with van der Waals surface area (Å²) < 4.78 is 5.39. The highest BCUT2D eigenvalue weighted by Crippen LogP contribution is 2.24. The van der Waals surface area contributed by atoms with E-state index in [1.165, 1.54) is 0 Å². The summed E-state index contributed by atoms with van der Waals surface area (Å²) in [5.74, 6) is -0.423. The van der Waals surface area contributed by atoms with Crippen LogP contribution >= 0.6 is 0 Å². The van der Waals surface area contributed by atoms with E-state index in [4.69, 9.17) is 9.52 Å². The van der Waals surface area contributed by atoms with Gasteiger partial charge in [-0.25, -0.2) is 9.78 Å². The maximum absolute atomic E-state index is 11.2. The van der Waals surface area contributed by atoms with Gasteiger partial charge in [0.2, 0.25) is 11.7 Å². The Labute approximate surface area is 112 Å². The van der Waals surface area contributed by atoms with Gasteiger partial charge in [0.1, 0.15) is 0 Å². The Hall–Kier alpha value is -2.10. The third-order valence-electron chi connectivity index (χ3n) is 2.79. The molecule has 0 radical (unpaired) electrons. The van der Waals surface area contributed by atoms with Crippen LogP contribution in [0.4, 0.5) is 0 Å². The van der Waals surface area contributed by atoms with E-state index >= 15 is 0 Å². The second kappa shape index (κ2) is 5.26. The summed E-state index contributed by atoms with van der Waals surface area (Å²) in [5, 5.41) is 9.15. The maximum atomic E-state index is 11.2. The lowest BCUT2D eigenvalue weighted by Gasteiger charge is -2.00. The minimum Gasteiger partial charge on any atom is -0.475 e. The molecule has 2 rings (SSSR count). The molecular formula is C15H17NO3. The normalized spacial score (nSPS) is 10.9. The van der Waals surface area contributed by atoms with Gasteiger partial charge in [0.25, 0.3) is 0 Å². The average Bonchev–Trinajstić information content (AvgIpc) is 2.73. The average molecular weight is 259 g/mol. The first-order chi connectivity index (χ1) is 8.97. The zero-order chi connectivity index (χ0) is 14.0. The van der Waals surface area contributed by atoms with Gasteiger partial charge < -0.3 is 9.52 Å². The lowest BCUT2D eigenvalue weighted by Crippen LogP contribution is -2.03. The number of aryl methyl sites for hydroxylation is 1. The van der Waals surface area contributed by atoms with Crippen LogP contribution in [0.3, 0.4) is 0 Å². The zero-order valence-electron chi connectivity index (χ0n) is 11.3. The Balaban J connectivity index is 2.42. The molecule has 1 aromatic heterocycles. The number of hydrogen-bond donors (Lipinski definition) is 1. The highest BCUT2D eigenvalue weighted by molar-refractivity contribution is 5.86. The molecule has 0 bridgehead atoms. The number of benzene rings is 1. The number of hydrogen-bond acceptors (Lipinski definition) is 3. The van der Waals surface area contributed by atoms with Crippen molar-refractivity contribution >= 4 is 5.97 Å². The Morgan fingerprint density at radius 2 is 1.95 bits per heavy atom. The van der Waals surface area contributed by atoms with Gasteiger partial charge in [0.15, 0.2) is 0 Å². The molecule has 4 heteroatoms. The van der Waals surface area contributed by atoms with Gasteiger partial charge >= 0.3 is 5.97 Å². The maximum Gasteiger partial charge on any atom is 0.373 e. The minimum atomic E-state index is -1.07. The summed E-state index contributed by atoms with van der Waals surface area (Å²) >= 11 is 0. The van der Waals surface area contributed by atoms with Crippen molar-refractivity contribution in [3.63, 3.8) is 0 Å². The van der Waals surface area contributed by atoms with Crippen LogP contribution < -0.4 is 0 Å². The van der Waals surface area contributed by atoms with Gasteiger partial charge in [-0.1, -0.05) is 31.5 Å². The lowest BCUT2D eigenvalue weighted by atomic mass is 10.1. The van der Waals surface area contributed by atoms with E-state index in [2.05, 4.69) is 4.98 Å². The number of carboxylic acid groups (broad SMARTS) is 1. The summed E-state index contributed by atoms with van der Waals surface area (Å²) in [4.78, 5) is 15.5. The number of nitrogens with zero attached hydrogens (tertiary/aromatic N) is 1. The second-order valence-electron chi connectivity index (χ2n) is 5.06. The van der Waals surface area contributed by atoms with Crippen LogP contribution in [0.2, 0.25) is 0 Å². The summed E-state index contributed by atoms with van der Waals surface area (Å²) in [6.07, 6.45) is 0.594. The smallest absolute Gasteiger partial charge is 0.373 e. The van der Waals surface area contributed by atoms with Gasteiger partial charge in [0, 0.05) is 5.56 Å². The molecule has 1 heterocycles. The number of carboxylic acids is 1. The quantitative estimate of drug-likeness (QED) is 0.912. The first-order valence-corrected chi connectivity index (χ1v) is 6.27. The third kappa shape index (κ3) is 3.02. The van der Waals surface area contributed by atoms with E-state index in [9.17, 15) is 4.79 Å². The van der Waals surface area contributed by atoms with Gasteiger partial charge in [-0.15, -0.1) is 0 Å². The van der Waals surface area contributed by atoms with E-state index in [-0.39, 0.29) is 5.76 Å². The van der Waals surface area contributed by atoms with E-state index in [1.807, 2.05) is 45.0 Å². The van der Waals surface area contributed by atoms with Crippen LogP contribution in [0.5, 0.6) is 0 Å². The van der Waals surface area contributed by atoms with E-state index < -0.39 is 5.97 Å². The number of oxazole rings is 1. The molecule has 0 spiro atoms. The molecule has 4 nitrogen and oxygen atoms in total. The van der Waals surface area contributed by atoms with Crippen LogP contribution in [0.1, 0.15) is 35.7 Å². The van der Waals surface area contributed by atoms with Crippen LogP contribution in [0.25, 0.3) is 11.5 Å². The van der Waals surface area contributed by atoms with Crippen LogP contribution in [0, 0.1) is 12.8 Å². The number of aromatic carboxylic acids is 1. The Kier molecular flexibility index (Phi) is 3.69. The Morgan fingerprint density at radius 1 is 1.32 bits per heavy atom. The fraction of sp³-hybridized carbons (Fsp3) is 0.333. The molecule has 100 valence electrons. The van der Waals surface area contributed by atoms with E-state index in [0.29, 0.717) is 23.9 Å². The summed E-state index contributed by atoms with van der Waals surface area (Å²) in [7, 11) is 0. The van der Waals surface area contributed by atoms with Gasteiger partial charge in [-0.2, -0.15) is 0 Å². The summed E-state index contributed by atoms with van der Waals surface area (Å²) in [5.41, 5.74) is 2.44. The fourth-order valence-electron chi connectivity index (χ4n) is 1.86. The molecular weight excluding hydrogens is 242 g/mol. The van der Waals surface area contributed by atoms with Crippen molar-refractivity contribution in [3.05, 3.63) is 41.3 Å². The van der Waals surface area contributed by atoms with Crippen molar-refractivity contribution in [1.29, 1.82) is 0 Å². The molecule has 0 aliphatic heterocycles. The molecule has 0 atom stereocenters. The predicted molar refractivity (Wildman–Crippen MR) is 72.2 cm³/mol.